The molecule has 114 valence electrons. The second-order valence-electron chi connectivity index (χ2n) is 4.88. The summed E-state index contributed by atoms with van der Waals surface area (Å²) in [5.74, 6) is -1.10. The molecule has 0 bridgehead atoms. The number of ether oxygens (including phenoxy) is 1. The van der Waals surface area contributed by atoms with E-state index in [1.807, 2.05) is 11.5 Å². The van der Waals surface area contributed by atoms with Crippen LogP contribution in [0.5, 0.6) is 0 Å². The van der Waals surface area contributed by atoms with Crippen molar-refractivity contribution < 1.29 is 19.0 Å². The molecule has 7 heteroatoms. The Morgan fingerprint density at radius 3 is 3.00 bits per heavy atom. The molecule has 1 aromatic carbocycles. The Labute approximate surface area is 126 Å². The van der Waals surface area contributed by atoms with Crippen molar-refractivity contribution >= 4 is 28.8 Å². The van der Waals surface area contributed by atoms with E-state index < -0.39 is 5.97 Å². The number of fused-ring (bicyclic) bond motifs is 1. The van der Waals surface area contributed by atoms with Crippen LogP contribution in [-0.2, 0) is 16.1 Å². The molecule has 0 radical (unpaired) electrons. The van der Waals surface area contributed by atoms with Crippen LogP contribution in [0.3, 0.4) is 0 Å². The normalized spacial score (nSPS) is 12.7. The van der Waals surface area contributed by atoms with Gasteiger partial charge in [-0.3, -0.25) is 4.79 Å². The minimum Gasteiger partial charge on any atom is -0.481 e. The number of thioether (sulfide) groups is 1. The highest BCUT2D eigenvalue weighted by Gasteiger charge is 2.15. The standard InChI is InChI=1S/C14H17FN2O3S/c1-9(7-20-2)6-17-12-4-3-10(15)5-11(12)16-14(17)21-8-13(18)19/h3-5,9H,6-8H2,1-2H3,(H,18,19). The SMILES string of the molecule is COCC(C)Cn1c(SCC(=O)O)nc2cc(F)ccc21. The zero-order valence-electron chi connectivity index (χ0n) is 11.9. The molecule has 0 fully saturated rings. The van der Waals surface area contributed by atoms with Gasteiger partial charge < -0.3 is 14.4 Å². The molecule has 0 aliphatic rings. The maximum absolute atomic E-state index is 13.3. The van der Waals surface area contributed by atoms with Crippen molar-refractivity contribution in [3.8, 4) is 0 Å². The molecule has 0 aliphatic heterocycles. The van der Waals surface area contributed by atoms with Crippen molar-refractivity contribution in [1.29, 1.82) is 0 Å². The third-order valence-electron chi connectivity index (χ3n) is 2.95. The van der Waals surface area contributed by atoms with Gasteiger partial charge in [0.1, 0.15) is 5.82 Å². The van der Waals surface area contributed by atoms with Crippen molar-refractivity contribution in [1.82, 2.24) is 9.55 Å². The van der Waals surface area contributed by atoms with Crippen molar-refractivity contribution in [3.63, 3.8) is 0 Å². The lowest BCUT2D eigenvalue weighted by Crippen LogP contribution is -2.13. The van der Waals surface area contributed by atoms with Gasteiger partial charge >= 0.3 is 5.97 Å². The molecule has 0 spiro atoms. The van der Waals surface area contributed by atoms with Gasteiger partial charge in [0.2, 0.25) is 0 Å². The summed E-state index contributed by atoms with van der Waals surface area (Å²) in [7, 11) is 1.64. The second kappa shape index (κ2) is 6.91. The summed E-state index contributed by atoms with van der Waals surface area (Å²) in [4.78, 5) is 15.1. The Bertz CT molecular complexity index is 644. The van der Waals surface area contributed by atoms with E-state index in [1.165, 1.54) is 12.1 Å². The van der Waals surface area contributed by atoms with Gasteiger partial charge in [-0.15, -0.1) is 0 Å². The average Bonchev–Trinajstić information content (AvgIpc) is 2.74. The van der Waals surface area contributed by atoms with E-state index in [1.54, 1.807) is 13.2 Å². The Hall–Kier alpha value is -1.60. The van der Waals surface area contributed by atoms with Crippen LogP contribution in [0.4, 0.5) is 4.39 Å². The maximum atomic E-state index is 13.3. The summed E-state index contributed by atoms with van der Waals surface area (Å²) in [6, 6.07) is 4.41. The number of carboxylic acids is 1. The lowest BCUT2D eigenvalue weighted by molar-refractivity contribution is -0.133. The predicted octanol–water partition coefficient (Wildman–Crippen LogP) is 2.63. The van der Waals surface area contributed by atoms with E-state index >= 15 is 0 Å². The number of hydrogen-bond acceptors (Lipinski definition) is 4. The second-order valence-corrected chi connectivity index (χ2v) is 5.82. The molecule has 0 amide bonds. The van der Waals surface area contributed by atoms with Gasteiger partial charge in [0, 0.05) is 19.7 Å². The molecule has 5 nitrogen and oxygen atoms in total. The molecular formula is C14H17FN2O3S. The summed E-state index contributed by atoms with van der Waals surface area (Å²) < 4.78 is 20.4. The van der Waals surface area contributed by atoms with Crippen LogP contribution in [-0.4, -0.2) is 40.1 Å². The third kappa shape index (κ3) is 3.95. The topological polar surface area (TPSA) is 64.3 Å². The van der Waals surface area contributed by atoms with Crippen LogP contribution >= 0.6 is 11.8 Å². The number of methoxy groups -OCH3 is 1. The minimum absolute atomic E-state index is 0.0789. The van der Waals surface area contributed by atoms with E-state index in [4.69, 9.17) is 9.84 Å². The highest BCUT2D eigenvalue weighted by molar-refractivity contribution is 7.99. The van der Waals surface area contributed by atoms with Crippen LogP contribution < -0.4 is 0 Å². The van der Waals surface area contributed by atoms with Crippen molar-refractivity contribution in [2.45, 2.75) is 18.6 Å². The monoisotopic (exact) mass is 312 g/mol. The summed E-state index contributed by atoms with van der Waals surface area (Å²) in [5.41, 5.74) is 1.33. The molecule has 1 atom stereocenters. The average molecular weight is 312 g/mol. The van der Waals surface area contributed by atoms with Gasteiger partial charge in [-0.25, -0.2) is 9.37 Å². The highest BCUT2D eigenvalue weighted by atomic mass is 32.2. The van der Waals surface area contributed by atoms with Gasteiger partial charge in [0.15, 0.2) is 5.16 Å². The largest absolute Gasteiger partial charge is 0.481 e. The van der Waals surface area contributed by atoms with E-state index in [0.29, 0.717) is 23.8 Å². The molecule has 1 unspecified atom stereocenters. The summed E-state index contributed by atoms with van der Waals surface area (Å²) in [6.45, 7) is 3.26. The van der Waals surface area contributed by atoms with Crippen molar-refractivity contribution in [2.24, 2.45) is 5.92 Å². The van der Waals surface area contributed by atoms with Gasteiger partial charge in [-0.1, -0.05) is 18.7 Å². The zero-order valence-corrected chi connectivity index (χ0v) is 12.7. The zero-order chi connectivity index (χ0) is 15.4. The number of rotatable bonds is 7. The van der Waals surface area contributed by atoms with Crippen molar-refractivity contribution in [2.75, 3.05) is 19.5 Å². The van der Waals surface area contributed by atoms with Gasteiger partial charge in [0.25, 0.3) is 0 Å². The Kier molecular flexibility index (Phi) is 5.19. The predicted molar refractivity (Wildman–Crippen MR) is 79.1 cm³/mol. The van der Waals surface area contributed by atoms with E-state index in [-0.39, 0.29) is 17.5 Å². The number of aliphatic carboxylic acids is 1. The van der Waals surface area contributed by atoms with Gasteiger partial charge in [0.05, 0.1) is 23.4 Å². The van der Waals surface area contributed by atoms with E-state index in [9.17, 15) is 9.18 Å². The highest BCUT2D eigenvalue weighted by Crippen LogP contribution is 2.25. The third-order valence-corrected chi connectivity index (χ3v) is 3.91. The molecule has 1 heterocycles. The lowest BCUT2D eigenvalue weighted by atomic mass is 10.2. The van der Waals surface area contributed by atoms with E-state index in [2.05, 4.69) is 4.98 Å². The van der Waals surface area contributed by atoms with Crippen LogP contribution in [0.1, 0.15) is 6.92 Å². The fraction of sp³-hybridized carbons (Fsp3) is 0.429. The Balaban J connectivity index is 2.36. The number of imidazole rings is 1. The smallest absolute Gasteiger partial charge is 0.313 e. The number of benzene rings is 1. The fourth-order valence-electron chi connectivity index (χ4n) is 2.14. The molecule has 0 saturated carbocycles. The van der Waals surface area contributed by atoms with E-state index in [0.717, 1.165) is 17.3 Å². The number of carbonyl (C=O) groups is 1. The van der Waals surface area contributed by atoms with Crippen LogP contribution in [0.2, 0.25) is 0 Å². The van der Waals surface area contributed by atoms with Crippen LogP contribution in [0.25, 0.3) is 11.0 Å². The first kappa shape index (κ1) is 15.8. The quantitative estimate of drug-likeness (QED) is 0.796. The minimum atomic E-state index is -0.908. The number of halogens is 1. The number of hydrogen-bond donors (Lipinski definition) is 1. The molecule has 0 saturated heterocycles. The molecule has 2 rings (SSSR count). The molecule has 1 aromatic heterocycles. The first-order valence-electron chi connectivity index (χ1n) is 6.50. The van der Waals surface area contributed by atoms with Gasteiger partial charge in [-0.05, 0) is 18.1 Å². The first-order valence-corrected chi connectivity index (χ1v) is 7.49. The maximum Gasteiger partial charge on any atom is 0.313 e. The molecular weight excluding hydrogens is 295 g/mol. The molecule has 21 heavy (non-hydrogen) atoms. The Morgan fingerprint density at radius 2 is 2.33 bits per heavy atom. The fourth-order valence-corrected chi connectivity index (χ4v) is 2.89. The molecule has 1 N–H and O–H groups in total. The van der Waals surface area contributed by atoms with Crippen molar-refractivity contribution in [3.05, 3.63) is 24.0 Å². The van der Waals surface area contributed by atoms with Crippen LogP contribution in [0, 0.1) is 11.7 Å². The summed E-state index contributed by atoms with van der Waals surface area (Å²) >= 11 is 1.14. The molecule has 2 aromatic rings. The first-order chi connectivity index (χ1) is 10.0. The Morgan fingerprint density at radius 1 is 1.57 bits per heavy atom. The molecule has 0 aliphatic carbocycles. The summed E-state index contributed by atoms with van der Waals surface area (Å²) in [6.07, 6.45) is 0. The number of nitrogens with zero attached hydrogens (tertiary/aromatic N) is 2. The van der Waals surface area contributed by atoms with Crippen LogP contribution in [0.15, 0.2) is 23.4 Å². The summed E-state index contributed by atoms with van der Waals surface area (Å²) in [5, 5.41) is 9.40. The van der Waals surface area contributed by atoms with Gasteiger partial charge in [-0.2, -0.15) is 0 Å². The number of carboxylic acid groups (broad SMARTS) is 1. The lowest BCUT2D eigenvalue weighted by Gasteiger charge is -2.14. The number of aromatic nitrogens is 2.